The number of carbonyl (C=O) groups is 5. The summed E-state index contributed by atoms with van der Waals surface area (Å²) in [5, 5.41) is 51.6. The van der Waals surface area contributed by atoms with Crippen LogP contribution in [-0.4, -0.2) is 110 Å². The fraction of sp³-hybridized carbons (Fsp3) is 0.558. The van der Waals surface area contributed by atoms with E-state index in [-0.39, 0.29) is 29.7 Å². The molecule has 2 bridgehead atoms. The van der Waals surface area contributed by atoms with E-state index in [0.29, 0.717) is 5.56 Å². The summed E-state index contributed by atoms with van der Waals surface area (Å²) in [5.41, 5.74) is -8.14. The molecule has 0 radical (unpaired) electrons. The molecule has 2 unspecified atom stereocenters. The molecule has 1 aliphatic heterocycles. The summed E-state index contributed by atoms with van der Waals surface area (Å²) in [5.74, 6) is -5.36. The number of aliphatic hydroxyl groups is 4. The molecule has 58 heavy (non-hydrogen) atoms. The second-order valence-corrected chi connectivity index (χ2v) is 17.6. The summed E-state index contributed by atoms with van der Waals surface area (Å²) < 4.78 is 29.5. The van der Waals surface area contributed by atoms with Gasteiger partial charge >= 0.3 is 24.0 Å². The zero-order valence-corrected chi connectivity index (χ0v) is 33.9. The number of esters is 3. The number of hydrogen-bond acceptors (Lipinski definition) is 14. The summed E-state index contributed by atoms with van der Waals surface area (Å²) in [7, 11) is 0. The fourth-order valence-electron chi connectivity index (χ4n) is 9.56. The maximum Gasteiger partial charge on any atom is 0.408 e. The van der Waals surface area contributed by atoms with Crippen molar-refractivity contribution < 1.29 is 68.1 Å². The van der Waals surface area contributed by atoms with Gasteiger partial charge in [-0.15, -0.1) is 0 Å². The van der Waals surface area contributed by atoms with Crippen LogP contribution in [0.2, 0.25) is 0 Å². The maximum absolute atomic E-state index is 14.9. The van der Waals surface area contributed by atoms with E-state index in [2.05, 4.69) is 5.32 Å². The normalized spacial score (nSPS) is 33.7. The standard InChI is InChI=1S/C43H53NO14/c1-22-26(55-37(51)32(48)30(24-15-11-9-12-16-24)44-38(52)58-39(3,4)5)20-43(53)35(56-36(50)25-17-13-10-14-18-25)33-41(8,34(49)31(47)29(22)40(43,6)7)27(46)19-28-42(33,21-54-28)57-23(2)45/h9-18,26-28,30-33,35,46-48,53H,19-21H2,1-8H3,(H,44,52)/t26?,27-,28+,30?,31+,32+,33-,35-,41+,42-,43+/m0/s1. The molecule has 15 heteroatoms. The molecule has 0 spiro atoms. The van der Waals surface area contributed by atoms with Crippen molar-refractivity contribution in [3.8, 4) is 0 Å². The molecule has 15 nitrogen and oxygen atoms in total. The SMILES string of the molecule is CC(=O)O[C@@]12CO[C@@H]1C[C@H](O)[C@@]1(C)C(=O)[C@H](O)C3=C(C)C(OC(=O)[C@H](O)C(NC(=O)OC(C)(C)C)c4ccccc4)C[C@@](O)([C@@H](OC(=O)c4ccccc4)[C@H]21)C3(C)C. The van der Waals surface area contributed by atoms with E-state index >= 15 is 0 Å². The van der Waals surface area contributed by atoms with Gasteiger partial charge in [-0.2, -0.15) is 0 Å². The number of ether oxygens (including phenoxy) is 5. The highest BCUT2D eigenvalue weighted by atomic mass is 16.6. The second-order valence-electron chi connectivity index (χ2n) is 17.6. The van der Waals surface area contributed by atoms with E-state index < -0.39 is 112 Å². The third kappa shape index (κ3) is 7.10. The number of fused-ring (bicyclic) bond motifs is 5. The lowest BCUT2D eigenvalue weighted by atomic mass is 9.44. The van der Waals surface area contributed by atoms with Crippen molar-refractivity contribution in [2.45, 2.75) is 128 Å². The predicted octanol–water partition coefficient (Wildman–Crippen LogP) is 3.26. The third-order valence-electron chi connectivity index (χ3n) is 12.6. The van der Waals surface area contributed by atoms with Gasteiger partial charge in [0.2, 0.25) is 0 Å². The Kier molecular flexibility index (Phi) is 11.2. The predicted molar refractivity (Wildman–Crippen MR) is 204 cm³/mol. The van der Waals surface area contributed by atoms with Crippen molar-refractivity contribution >= 4 is 29.8 Å². The summed E-state index contributed by atoms with van der Waals surface area (Å²) in [4.78, 5) is 68.9. The molecule has 4 aliphatic rings. The van der Waals surface area contributed by atoms with Crippen LogP contribution in [-0.2, 0) is 38.1 Å². The fourth-order valence-corrected chi connectivity index (χ4v) is 9.56. The van der Waals surface area contributed by atoms with Gasteiger partial charge in [0.05, 0.1) is 35.6 Å². The number of nitrogens with one attached hydrogen (secondary N) is 1. The van der Waals surface area contributed by atoms with Gasteiger partial charge in [0, 0.05) is 25.2 Å². The maximum atomic E-state index is 14.9. The Hall–Kier alpha value is -4.67. The summed E-state index contributed by atoms with van der Waals surface area (Å²) in [6.45, 7) is 11.8. The van der Waals surface area contributed by atoms with Crippen molar-refractivity contribution in [1.29, 1.82) is 0 Å². The third-order valence-corrected chi connectivity index (χ3v) is 12.6. The van der Waals surface area contributed by atoms with Gasteiger partial charge in [-0.1, -0.05) is 62.4 Å². The molecular formula is C43H53NO14. The van der Waals surface area contributed by atoms with E-state index in [1.165, 1.54) is 26.0 Å². The molecule has 2 aromatic rings. The van der Waals surface area contributed by atoms with Crippen molar-refractivity contribution in [3.63, 3.8) is 0 Å². The summed E-state index contributed by atoms with van der Waals surface area (Å²) in [6.07, 6.45) is -11.5. The van der Waals surface area contributed by atoms with Crippen LogP contribution in [0.25, 0.3) is 0 Å². The Morgan fingerprint density at radius 1 is 0.948 bits per heavy atom. The molecule has 3 fully saturated rings. The Morgan fingerprint density at radius 2 is 1.55 bits per heavy atom. The van der Waals surface area contributed by atoms with Crippen LogP contribution in [0.1, 0.15) is 90.2 Å². The Balaban J connectivity index is 1.49. The number of aliphatic hydroxyl groups excluding tert-OH is 3. The molecule has 2 saturated carbocycles. The van der Waals surface area contributed by atoms with Crippen LogP contribution in [0.4, 0.5) is 4.79 Å². The molecule has 5 N–H and O–H groups in total. The van der Waals surface area contributed by atoms with E-state index in [0.717, 1.165) is 6.92 Å². The van der Waals surface area contributed by atoms with E-state index in [1.54, 1.807) is 83.1 Å². The lowest BCUT2D eigenvalue weighted by Gasteiger charge is -2.67. The van der Waals surface area contributed by atoms with Gasteiger partial charge < -0.3 is 49.4 Å². The summed E-state index contributed by atoms with van der Waals surface area (Å²) >= 11 is 0. The van der Waals surface area contributed by atoms with E-state index in [9.17, 15) is 44.4 Å². The number of rotatable bonds is 8. The molecule has 3 aliphatic carbocycles. The van der Waals surface area contributed by atoms with E-state index in [4.69, 9.17) is 23.7 Å². The van der Waals surface area contributed by atoms with Gasteiger partial charge in [0.15, 0.2) is 17.5 Å². The highest BCUT2D eigenvalue weighted by Crippen LogP contribution is 2.64. The zero-order chi connectivity index (χ0) is 42.7. The topological polar surface area (TPSA) is 224 Å². The zero-order valence-electron chi connectivity index (χ0n) is 33.9. The van der Waals surface area contributed by atoms with Crippen molar-refractivity contribution in [1.82, 2.24) is 5.32 Å². The highest BCUT2D eigenvalue weighted by Gasteiger charge is 2.78. The average Bonchev–Trinajstić information content (AvgIpc) is 3.14. The van der Waals surface area contributed by atoms with Gasteiger partial charge in [-0.05, 0) is 63.5 Å². The van der Waals surface area contributed by atoms with Gasteiger partial charge in [0.25, 0.3) is 0 Å². The first-order valence-corrected chi connectivity index (χ1v) is 19.3. The highest BCUT2D eigenvalue weighted by molar-refractivity contribution is 5.94. The molecule has 1 heterocycles. The molecule has 1 saturated heterocycles. The van der Waals surface area contributed by atoms with E-state index in [1.807, 2.05) is 0 Å². The first-order chi connectivity index (χ1) is 27.0. The van der Waals surface area contributed by atoms with Gasteiger partial charge in [0.1, 0.15) is 35.6 Å². The Bertz CT molecular complexity index is 1980. The minimum atomic E-state index is -2.35. The minimum absolute atomic E-state index is 0.0637. The monoisotopic (exact) mass is 807 g/mol. The average molecular weight is 808 g/mol. The number of ketones is 1. The molecular weight excluding hydrogens is 754 g/mol. The Morgan fingerprint density at radius 3 is 2.10 bits per heavy atom. The molecule has 6 rings (SSSR count). The second kappa shape index (κ2) is 15.2. The van der Waals surface area contributed by atoms with Crippen LogP contribution in [0.3, 0.4) is 0 Å². The molecule has 2 aromatic carbocycles. The number of carbonyl (C=O) groups excluding carboxylic acids is 5. The van der Waals surface area contributed by atoms with Crippen LogP contribution in [0.5, 0.6) is 0 Å². The number of benzene rings is 2. The van der Waals surface area contributed by atoms with Crippen LogP contribution in [0, 0.1) is 16.7 Å². The Labute approximate surface area is 336 Å². The van der Waals surface area contributed by atoms with Gasteiger partial charge in [-0.3, -0.25) is 9.59 Å². The molecule has 0 aromatic heterocycles. The van der Waals surface area contributed by atoms with Crippen LogP contribution in [0.15, 0.2) is 71.8 Å². The first kappa shape index (κ1) is 42.9. The number of Topliss-reactive ketones (excluding diaryl/α,β-unsaturated/α-hetero) is 1. The molecule has 11 atom stereocenters. The van der Waals surface area contributed by atoms with Crippen molar-refractivity contribution in [3.05, 3.63) is 82.9 Å². The first-order valence-electron chi connectivity index (χ1n) is 19.3. The number of amides is 1. The number of hydrogen-bond donors (Lipinski definition) is 5. The largest absolute Gasteiger partial charge is 0.456 e. The quantitative estimate of drug-likeness (QED) is 0.147. The van der Waals surface area contributed by atoms with Crippen LogP contribution >= 0.6 is 0 Å². The van der Waals surface area contributed by atoms with Gasteiger partial charge in [-0.25, -0.2) is 14.4 Å². The molecule has 1 amide bonds. The summed E-state index contributed by atoms with van der Waals surface area (Å²) in [6, 6.07) is 14.6. The number of alkyl carbamates (subject to hydrolysis) is 1. The van der Waals surface area contributed by atoms with Crippen molar-refractivity contribution in [2.75, 3.05) is 6.61 Å². The van der Waals surface area contributed by atoms with Crippen molar-refractivity contribution in [2.24, 2.45) is 16.7 Å². The smallest absolute Gasteiger partial charge is 0.408 e. The van der Waals surface area contributed by atoms with Crippen LogP contribution < -0.4 is 5.32 Å². The lowest BCUT2D eigenvalue weighted by Crippen LogP contribution is -2.81. The molecule has 314 valence electrons. The minimum Gasteiger partial charge on any atom is -0.456 e. The lowest BCUT2D eigenvalue weighted by molar-refractivity contribution is -0.346.